The molecule has 8 nitrogen and oxygen atoms in total. The van der Waals surface area contributed by atoms with Crippen LogP contribution in [0.1, 0.15) is 5.56 Å². The van der Waals surface area contributed by atoms with Crippen molar-refractivity contribution in [2.75, 3.05) is 25.0 Å². The molecule has 4 heterocycles. The number of hydrogen-bond acceptors (Lipinski definition) is 5. The van der Waals surface area contributed by atoms with E-state index in [2.05, 4.69) is 25.2 Å². The minimum absolute atomic E-state index is 0.131. The summed E-state index contributed by atoms with van der Waals surface area (Å²) >= 11 is 0. The molecule has 1 fully saturated rings. The second-order valence-electron chi connectivity index (χ2n) is 6.92. The zero-order valence-electron chi connectivity index (χ0n) is 14.9. The average Bonchev–Trinajstić information content (AvgIpc) is 3.27. The maximum absolute atomic E-state index is 12.7. The highest BCUT2D eigenvalue weighted by molar-refractivity contribution is 5.89. The SMILES string of the molecule is CN(C(=O)Cc1c[nH]c2ccccc12)C1CN(c2ccc3nncn3n2)C1. The summed E-state index contributed by atoms with van der Waals surface area (Å²) in [6.07, 6.45) is 3.93. The fraction of sp³-hybridized carbons (Fsp3) is 0.263. The van der Waals surface area contributed by atoms with E-state index in [4.69, 9.17) is 0 Å². The van der Waals surface area contributed by atoms with Crippen LogP contribution in [-0.4, -0.2) is 61.8 Å². The first-order chi connectivity index (χ1) is 13.2. The van der Waals surface area contributed by atoms with Crippen LogP contribution in [0.4, 0.5) is 5.82 Å². The number of benzene rings is 1. The molecule has 8 heteroatoms. The van der Waals surface area contributed by atoms with Crippen LogP contribution < -0.4 is 4.90 Å². The second kappa shape index (κ2) is 6.08. The zero-order valence-corrected chi connectivity index (χ0v) is 14.9. The molecule has 3 aromatic heterocycles. The molecule has 5 rings (SSSR count). The molecule has 27 heavy (non-hydrogen) atoms. The van der Waals surface area contributed by atoms with Gasteiger partial charge in [-0.1, -0.05) is 18.2 Å². The number of H-pyrrole nitrogens is 1. The van der Waals surface area contributed by atoms with Gasteiger partial charge in [0.25, 0.3) is 0 Å². The number of para-hydroxylation sites is 1. The fourth-order valence-corrected chi connectivity index (χ4v) is 3.54. The number of nitrogens with zero attached hydrogens (tertiary/aromatic N) is 6. The molecule has 0 unspecified atom stereocenters. The number of rotatable bonds is 4. The third-order valence-electron chi connectivity index (χ3n) is 5.29. The summed E-state index contributed by atoms with van der Waals surface area (Å²) in [5.74, 6) is 1.00. The monoisotopic (exact) mass is 361 g/mol. The van der Waals surface area contributed by atoms with Crippen molar-refractivity contribution in [3.05, 3.63) is 54.5 Å². The van der Waals surface area contributed by atoms with E-state index in [1.54, 1.807) is 10.8 Å². The first-order valence-corrected chi connectivity index (χ1v) is 8.92. The minimum Gasteiger partial charge on any atom is -0.361 e. The number of nitrogens with one attached hydrogen (secondary N) is 1. The lowest BCUT2D eigenvalue weighted by Crippen LogP contribution is -2.60. The van der Waals surface area contributed by atoms with Gasteiger partial charge in [-0.2, -0.15) is 4.52 Å². The van der Waals surface area contributed by atoms with E-state index in [-0.39, 0.29) is 11.9 Å². The summed E-state index contributed by atoms with van der Waals surface area (Å²) < 4.78 is 1.66. The lowest BCUT2D eigenvalue weighted by molar-refractivity contribution is -0.131. The molecular weight excluding hydrogens is 342 g/mol. The lowest BCUT2D eigenvalue weighted by Gasteiger charge is -2.44. The molecular formula is C19H19N7O. The molecule has 0 atom stereocenters. The Balaban J connectivity index is 1.24. The van der Waals surface area contributed by atoms with Gasteiger partial charge < -0.3 is 14.8 Å². The molecule has 1 N–H and O–H groups in total. The minimum atomic E-state index is 0.131. The van der Waals surface area contributed by atoms with E-state index in [9.17, 15) is 4.79 Å². The Morgan fingerprint density at radius 2 is 2.11 bits per heavy atom. The lowest BCUT2D eigenvalue weighted by atomic mass is 10.1. The maximum atomic E-state index is 12.7. The van der Waals surface area contributed by atoms with Crippen molar-refractivity contribution in [2.24, 2.45) is 0 Å². The van der Waals surface area contributed by atoms with Gasteiger partial charge in [-0.3, -0.25) is 4.79 Å². The first kappa shape index (κ1) is 15.8. The highest BCUT2D eigenvalue weighted by Gasteiger charge is 2.33. The number of fused-ring (bicyclic) bond motifs is 2. The van der Waals surface area contributed by atoms with Gasteiger partial charge in [0.2, 0.25) is 5.91 Å². The van der Waals surface area contributed by atoms with E-state index < -0.39 is 0 Å². The Morgan fingerprint density at radius 1 is 1.26 bits per heavy atom. The third kappa shape index (κ3) is 2.69. The van der Waals surface area contributed by atoms with Crippen molar-refractivity contribution in [2.45, 2.75) is 12.5 Å². The summed E-state index contributed by atoms with van der Waals surface area (Å²) in [4.78, 5) is 20.0. The van der Waals surface area contributed by atoms with E-state index in [0.717, 1.165) is 41.0 Å². The standard InChI is InChI=1S/C19H19N7O/c1-24(19(27)8-13-9-20-16-5-3-2-4-15(13)16)14-10-25(11-14)18-7-6-17-22-21-12-26(17)23-18/h2-7,9,12,14,20H,8,10-11H2,1H3. The molecule has 1 aliphatic rings. The van der Waals surface area contributed by atoms with Gasteiger partial charge in [0.1, 0.15) is 12.1 Å². The van der Waals surface area contributed by atoms with Crippen molar-refractivity contribution < 1.29 is 4.79 Å². The van der Waals surface area contributed by atoms with Gasteiger partial charge >= 0.3 is 0 Å². The van der Waals surface area contributed by atoms with Crippen LogP contribution in [0.2, 0.25) is 0 Å². The average molecular weight is 361 g/mol. The van der Waals surface area contributed by atoms with E-state index in [0.29, 0.717) is 6.42 Å². The van der Waals surface area contributed by atoms with Crippen molar-refractivity contribution in [3.8, 4) is 0 Å². The predicted octanol–water partition coefficient (Wildman–Crippen LogP) is 1.50. The topological polar surface area (TPSA) is 82.4 Å². The number of aromatic nitrogens is 5. The molecule has 0 spiro atoms. The Bertz CT molecular complexity index is 1130. The molecule has 136 valence electrons. The van der Waals surface area contributed by atoms with Crippen LogP contribution in [-0.2, 0) is 11.2 Å². The molecule has 0 radical (unpaired) electrons. The molecule has 1 amide bonds. The highest BCUT2D eigenvalue weighted by atomic mass is 16.2. The summed E-state index contributed by atoms with van der Waals surface area (Å²) in [7, 11) is 1.88. The van der Waals surface area contributed by atoms with Crippen molar-refractivity contribution in [3.63, 3.8) is 0 Å². The van der Waals surface area contributed by atoms with E-state index in [1.807, 2.05) is 54.5 Å². The Labute approximate surface area is 155 Å². The largest absolute Gasteiger partial charge is 0.361 e. The van der Waals surface area contributed by atoms with Crippen LogP contribution in [0.5, 0.6) is 0 Å². The molecule has 0 saturated carbocycles. The van der Waals surface area contributed by atoms with Gasteiger partial charge in [-0.25, -0.2) is 0 Å². The number of aromatic amines is 1. The quantitative estimate of drug-likeness (QED) is 0.596. The van der Waals surface area contributed by atoms with Crippen LogP contribution in [0, 0.1) is 0 Å². The Kier molecular flexibility index (Phi) is 3.56. The van der Waals surface area contributed by atoms with E-state index in [1.165, 1.54) is 0 Å². The normalized spacial score (nSPS) is 14.6. The summed E-state index contributed by atoms with van der Waals surface area (Å²) in [6, 6.07) is 12.1. The molecule has 4 aromatic rings. The number of likely N-dealkylation sites (N-methyl/N-ethyl adjacent to an activating group) is 1. The van der Waals surface area contributed by atoms with Crippen molar-refractivity contribution in [1.29, 1.82) is 0 Å². The highest BCUT2D eigenvalue weighted by Crippen LogP contribution is 2.23. The number of hydrogen-bond donors (Lipinski definition) is 1. The van der Waals surface area contributed by atoms with Crippen LogP contribution in [0.15, 0.2) is 48.9 Å². The van der Waals surface area contributed by atoms with Crippen LogP contribution in [0.3, 0.4) is 0 Å². The van der Waals surface area contributed by atoms with Gasteiger partial charge in [-0.05, 0) is 23.8 Å². The van der Waals surface area contributed by atoms with Gasteiger partial charge in [0.15, 0.2) is 5.65 Å². The maximum Gasteiger partial charge on any atom is 0.227 e. The van der Waals surface area contributed by atoms with Crippen molar-refractivity contribution in [1.82, 2.24) is 29.7 Å². The second-order valence-corrected chi connectivity index (χ2v) is 6.92. The van der Waals surface area contributed by atoms with E-state index >= 15 is 0 Å². The molecule has 1 saturated heterocycles. The Morgan fingerprint density at radius 3 is 3.00 bits per heavy atom. The van der Waals surface area contributed by atoms with Crippen LogP contribution >= 0.6 is 0 Å². The Hall–Kier alpha value is -3.42. The van der Waals surface area contributed by atoms with Gasteiger partial charge in [0, 0.05) is 37.2 Å². The van der Waals surface area contributed by atoms with Gasteiger partial charge in [-0.15, -0.1) is 15.3 Å². The molecule has 0 bridgehead atoms. The zero-order chi connectivity index (χ0) is 18.4. The van der Waals surface area contributed by atoms with Crippen LogP contribution in [0.25, 0.3) is 16.6 Å². The number of carbonyl (C=O) groups excluding carboxylic acids is 1. The smallest absolute Gasteiger partial charge is 0.227 e. The number of amides is 1. The summed E-state index contributed by atoms with van der Waals surface area (Å²) in [5.41, 5.74) is 2.83. The summed E-state index contributed by atoms with van der Waals surface area (Å²) in [6.45, 7) is 1.55. The van der Waals surface area contributed by atoms with Crippen molar-refractivity contribution >= 4 is 28.3 Å². The molecule has 0 aliphatic carbocycles. The fourth-order valence-electron chi connectivity index (χ4n) is 3.54. The molecule has 1 aliphatic heterocycles. The first-order valence-electron chi connectivity index (χ1n) is 8.92. The molecule has 1 aromatic carbocycles. The predicted molar refractivity (Wildman–Crippen MR) is 102 cm³/mol. The third-order valence-corrected chi connectivity index (χ3v) is 5.29. The number of anilines is 1. The van der Waals surface area contributed by atoms with Gasteiger partial charge in [0.05, 0.1) is 12.5 Å². The summed E-state index contributed by atoms with van der Waals surface area (Å²) in [5, 5.41) is 13.4. The number of carbonyl (C=O) groups is 1.